The van der Waals surface area contributed by atoms with Crippen molar-refractivity contribution in [3.05, 3.63) is 11.2 Å². The van der Waals surface area contributed by atoms with E-state index < -0.39 is 0 Å². The van der Waals surface area contributed by atoms with E-state index in [4.69, 9.17) is 16.7 Å². The lowest BCUT2D eigenvalue weighted by Gasteiger charge is -2.22. The lowest BCUT2D eigenvalue weighted by molar-refractivity contribution is 0.289. The minimum atomic E-state index is 0.167. The van der Waals surface area contributed by atoms with Crippen molar-refractivity contribution in [2.75, 3.05) is 36.5 Å². The van der Waals surface area contributed by atoms with Gasteiger partial charge in [-0.2, -0.15) is 4.98 Å². The SMILES string of the molecule is CCCNc1ncc(Cl)c(N(CC)CCCO)n1. The largest absolute Gasteiger partial charge is 0.396 e. The summed E-state index contributed by atoms with van der Waals surface area (Å²) >= 11 is 6.13. The maximum Gasteiger partial charge on any atom is 0.224 e. The van der Waals surface area contributed by atoms with Gasteiger partial charge in [0.2, 0.25) is 5.95 Å². The van der Waals surface area contributed by atoms with Crippen LogP contribution >= 0.6 is 11.6 Å². The Morgan fingerprint density at radius 2 is 2.22 bits per heavy atom. The van der Waals surface area contributed by atoms with E-state index in [1.165, 1.54) is 0 Å². The van der Waals surface area contributed by atoms with Gasteiger partial charge in [0.15, 0.2) is 5.82 Å². The molecule has 0 bridgehead atoms. The molecule has 1 rings (SSSR count). The van der Waals surface area contributed by atoms with Gasteiger partial charge >= 0.3 is 0 Å². The van der Waals surface area contributed by atoms with Crippen molar-refractivity contribution in [3.8, 4) is 0 Å². The fourth-order valence-corrected chi connectivity index (χ4v) is 1.79. The first-order valence-corrected chi connectivity index (χ1v) is 6.72. The minimum Gasteiger partial charge on any atom is -0.396 e. The molecule has 0 radical (unpaired) electrons. The van der Waals surface area contributed by atoms with E-state index in [-0.39, 0.29) is 6.61 Å². The van der Waals surface area contributed by atoms with Crippen LogP contribution in [0.15, 0.2) is 6.20 Å². The lowest BCUT2D eigenvalue weighted by Crippen LogP contribution is -2.26. The Kier molecular flexibility index (Phi) is 6.75. The van der Waals surface area contributed by atoms with Gasteiger partial charge in [-0.05, 0) is 19.8 Å². The molecule has 5 nitrogen and oxygen atoms in total. The van der Waals surface area contributed by atoms with E-state index in [1.54, 1.807) is 6.20 Å². The van der Waals surface area contributed by atoms with Crippen molar-refractivity contribution < 1.29 is 5.11 Å². The number of anilines is 2. The molecule has 0 aliphatic heterocycles. The summed E-state index contributed by atoms with van der Waals surface area (Å²) in [7, 11) is 0. The zero-order valence-electron chi connectivity index (χ0n) is 11.0. The zero-order chi connectivity index (χ0) is 13.4. The number of aliphatic hydroxyl groups excluding tert-OH is 1. The second kappa shape index (κ2) is 8.11. The molecule has 0 aromatic carbocycles. The monoisotopic (exact) mass is 272 g/mol. The third-order valence-electron chi connectivity index (χ3n) is 2.53. The summed E-state index contributed by atoms with van der Waals surface area (Å²) in [5, 5.41) is 12.6. The Morgan fingerprint density at radius 1 is 1.44 bits per heavy atom. The highest BCUT2D eigenvalue weighted by atomic mass is 35.5. The summed E-state index contributed by atoms with van der Waals surface area (Å²) in [4.78, 5) is 10.6. The summed E-state index contributed by atoms with van der Waals surface area (Å²) in [6, 6.07) is 0. The van der Waals surface area contributed by atoms with Crippen molar-refractivity contribution in [2.24, 2.45) is 0 Å². The van der Waals surface area contributed by atoms with Crippen LogP contribution in [0.3, 0.4) is 0 Å². The van der Waals surface area contributed by atoms with Crippen molar-refractivity contribution in [3.63, 3.8) is 0 Å². The van der Waals surface area contributed by atoms with Crippen LogP contribution in [0.4, 0.5) is 11.8 Å². The summed E-state index contributed by atoms with van der Waals surface area (Å²) in [5.41, 5.74) is 0. The molecule has 1 aromatic heterocycles. The molecule has 0 saturated carbocycles. The number of nitrogens with zero attached hydrogens (tertiary/aromatic N) is 3. The fraction of sp³-hybridized carbons (Fsp3) is 0.667. The summed E-state index contributed by atoms with van der Waals surface area (Å²) in [6.07, 6.45) is 3.33. The molecule has 6 heteroatoms. The molecule has 1 heterocycles. The molecule has 0 spiro atoms. The Balaban J connectivity index is 2.83. The Hall–Kier alpha value is -1.07. The predicted molar refractivity (Wildman–Crippen MR) is 75.4 cm³/mol. The van der Waals surface area contributed by atoms with E-state index >= 15 is 0 Å². The van der Waals surface area contributed by atoms with Gasteiger partial charge in [0.25, 0.3) is 0 Å². The minimum absolute atomic E-state index is 0.167. The molecule has 0 saturated heterocycles. The van der Waals surface area contributed by atoms with Gasteiger partial charge in [0, 0.05) is 26.2 Å². The van der Waals surface area contributed by atoms with Crippen LogP contribution in [-0.4, -0.2) is 41.3 Å². The van der Waals surface area contributed by atoms with Gasteiger partial charge in [-0.25, -0.2) is 4.98 Å². The molecule has 0 atom stereocenters. The average Bonchev–Trinajstić information content (AvgIpc) is 2.39. The number of nitrogens with one attached hydrogen (secondary N) is 1. The van der Waals surface area contributed by atoms with Gasteiger partial charge in [0.05, 0.1) is 6.20 Å². The second-order valence-corrected chi connectivity index (χ2v) is 4.36. The molecule has 0 aliphatic rings. The average molecular weight is 273 g/mol. The van der Waals surface area contributed by atoms with Crippen LogP contribution in [-0.2, 0) is 0 Å². The third kappa shape index (κ3) is 4.31. The summed E-state index contributed by atoms with van der Waals surface area (Å²) in [6.45, 7) is 6.66. The lowest BCUT2D eigenvalue weighted by atomic mass is 10.3. The fourth-order valence-electron chi connectivity index (χ4n) is 1.58. The number of aliphatic hydroxyl groups is 1. The summed E-state index contributed by atoms with van der Waals surface area (Å²) in [5.74, 6) is 1.32. The maximum absolute atomic E-state index is 8.89. The number of rotatable bonds is 8. The van der Waals surface area contributed by atoms with Gasteiger partial charge < -0.3 is 15.3 Å². The van der Waals surface area contributed by atoms with Crippen LogP contribution < -0.4 is 10.2 Å². The number of aromatic nitrogens is 2. The number of hydrogen-bond donors (Lipinski definition) is 2. The first kappa shape index (κ1) is 15.0. The van der Waals surface area contributed by atoms with Crippen LogP contribution in [0.25, 0.3) is 0 Å². The van der Waals surface area contributed by atoms with E-state index in [1.807, 2.05) is 11.8 Å². The van der Waals surface area contributed by atoms with Crippen molar-refractivity contribution in [1.82, 2.24) is 9.97 Å². The zero-order valence-corrected chi connectivity index (χ0v) is 11.7. The van der Waals surface area contributed by atoms with Crippen molar-refractivity contribution in [2.45, 2.75) is 26.7 Å². The normalized spacial score (nSPS) is 10.4. The molecule has 0 fully saturated rings. The molecule has 0 unspecified atom stereocenters. The van der Waals surface area contributed by atoms with E-state index in [9.17, 15) is 0 Å². The Bertz CT molecular complexity index is 362. The van der Waals surface area contributed by atoms with Crippen LogP contribution in [0.5, 0.6) is 0 Å². The van der Waals surface area contributed by atoms with E-state index in [0.717, 1.165) is 31.9 Å². The van der Waals surface area contributed by atoms with Gasteiger partial charge in [-0.3, -0.25) is 0 Å². The highest BCUT2D eigenvalue weighted by molar-refractivity contribution is 6.32. The topological polar surface area (TPSA) is 61.3 Å². The standard InChI is InChI=1S/C12H21ClN4O/c1-3-6-14-12-15-9-10(13)11(16-12)17(4-2)7-5-8-18/h9,18H,3-8H2,1-2H3,(H,14,15,16). The van der Waals surface area contributed by atoms with Crippen LogP contribution in [0, 0.1) is 0 Å². The highest BCUT2D eigenvalue weighted by Crippen LogP contribution is 2.23. The number of hydrogen-bond acceptors (Lipinski definition) is 5. The van der Waals surface area contributed by atoms with E-state index in [2.05, 4.69) is 22.2 Å². The van der Waals surface area contributed by atoms with Gasteiger partial charge in [-0.1, -0.05) is 18.5 Å². The molecular formula is C12H21ClN4O. The maximum atomic E-state index is 8.89. The Morgan fingerprint density at radius 3 is 2.83 bits per heavy atom. The predicted octanol–water partition coefficient (Wildman–Crippen LogP) is 2.16. The van der Waals surface area contributed by atoms with Crippen molar-refractivity contribution in [1.29, 1.82) is 0 Å². The molecule has 18 heavy (non-hydrogen) atoms. The molecular weight excluding hydrogens is 252 g/mol. The molecule has 0 aliphatic carbocycles. The van der Waals surface area contributed by atoms with Crippen LogP contribution in [0.2, 0.25) is 5.02 Å². The highest BCUT2D eigenvalue weighted by Gasteiger charge is 2.11. The smallest absolute Gasteiger partial charge is 0.224 e. The molecule has 2 N–H and O–H groups in total. The second-order valence-electron chi connectivity index (χ2n) is 3.95. The third-order valence-corrected chi connectivity index (χ3v) is 2.79. The number of halogens is 1. The van der Waals surface area contributed by atoms with Gasteiger partial charge in [0.1, 0.15) is 5.02 Å². The van der Waals surface area contributed by atoms with E-state index in [0.29, 0.717) is 17.4 Å². The summed E-state index contributed by atoms with van der Waals surface area (Å²) < 4.78 is 0. The van der Waals surface area contributed by atoms with Gasteiger partial charge in [-0.15, -0.1) is 0 Å². The van der Waals surface area contributed by atoms with Crippen molar-refractivity contribution >= 4 is 23.4 Å². The van der Waals surface area contributed by atoms with Crippen LogP contribution in [0.1, 0.15) is 26.7 Å². The first-order chi connectivity index (χ1) is 8.72. The molecule has 0 amide bonds. The first-order valence-electron chi connectivity index (χ1n) is 6.35. The Labute approximate surface area is 113 Å². The molecule has 102 valence electrons. The quantitative estimate of drug-likeness (QED) is 0.759. The molecule has 1 aromatic rings.